The number of aromatic nitrogens is 1. The number of carbonyl (C=O) groups is 2. The predicted molar refractivity (Wildman–Crippen MR) is 77.1 cm³/mol. The summed E-state index contributed by atoms with van der Waals surface area (Å²) in [5.74, 6) is 0.631. The van der Waals surface area contributed by atoms with Gasteiger partial charge in [-0.05, 0) is 25.0 Å². The van der Waals surface area contributed by atoms with Crippen molar-refractivity contribution in [3.8, 4) is 0 Å². The summed E-state index contributed by atoms with van der Waals surface area (Å²) in [5, 5.41) is 2.79. The Labute approximate surface area is 119 Å². The molecule has 2 amide bonds. The molecule has 0 saturated carbocycles. The molecule has 1 aromatic heterocycles. The Kier molecular flexibility index (Phi) is 4.37. The van der Waals surface area contributed by atoms with Crippen molar-refractivity contribution in [1.82, 2.24) is 9.88 Å². The Morgan fingerprint density at radius 2 is 2.25 bits per heavy atom. The molecule has 5 nitrogen and oxygen atoms in total. The third-order valence-electron chi connectivity index (χ3n) is 3.31. The van der Waals surface area contributed by atoms with E-state index in [0.29, 0.717) is 31.2 Å². The summed E-state index contributed by atoms with van der Waals surface area (Å²) in [4.78, 5) is 30.1. The molecule has 0 unspecified atom stereocenters. The van der Waals surface area contributed by atoms with Gasteiger partial charge in [0.15, 0.2) is 0 Å². The van der Waals surface area contributed by atoms with E-state index in [1.54, 1.807) is 11.0 Å². The largest absolute Gasteiger partial charge is 0.342 e. The molecule has 0 aliphatic carbocycles. The van der Waals surface area contributed by atoms with E-state index in [4.69, 9.17) is 0 Å². The van der Waals surface area contributed by atoms with Crippen molar-refractivity contribution in [2.45, 2.75) is 27.2 Å². The molecule has 1 N–H and O–H groups in total. The van der Waals surface area contributed by atoms with Crippen molar-refractivity contribution in [2.75, 3.05) is 18.4 Å². The number of aryl methyl sites for hydroxylation is 1. The van der Waals surface area contributed by atoms with Crippen molar-refractivity contribution in [3.05, 3.63) is 23.9 Å². The van der Waals surface area contributed by atoms with Crippen LogP contribution in [-0.4, -0.2) is 34.8 Å². The first-order valence-corrected chi connectivity index (χ1v) is 6.98. The first kappa shape index (κ1) is 14.5. The smallest absolute Gasteiger partial charge is 0.230 e. The van der Waals surface area contributed by atoms with Gasteiger partial charge in [0, 0.05) is 25.2 Å². The molecule has 20 heavy (non-hydrogen) atoms. The van der Waals surface area contributed by atoms with Crippen LogP contribution in [0.5, 0.6) is 0 Å². The fourth-order valence-corrected chi connectivity index (χ4v) is 2.41. The van der Waals surface area contributed by atoms with E-state index in [1.807, 2.05) is 19.1 Å². The van der Waals surface area contributed by atoms with Crippen molar-refractivity contribution >= 4 is 17.6 Å². The average Bonchev–Trinajstić information content (AvgIpc) is 2.70. The lowest BCUT2D eigenvalue weighted by Crippen LogP contribution is -2.31. The van der Waals surface area contributed by atoms with Crippen LogP contribution in [0, 0.1) is 18.8 Å². The second-order valence-electron chi connectivity index (χ2n) is 5.75. The zero-order valence-electron chi connectivity index (χ0n) is 12.2. The Morgan fingerprint density at radius 3 is 2.90 bits per heavy atom. The average molecular weight is 275 g/mol. The summed E-state index contributed by atoms with van der Waals surface area (Å²) in [6.45, 7) is 7.23. The Balaban J connectivity index is 1.95. The van der Waals surface area contributed by atoms with Crippen LogP contribution in [0.2, 0.25) is 0 Å². The number of anilines is 1. The van der Waals surface area contributed by atoms with Gasteiger partial charge in [-0.2, -0.15) is 0 Å². The summed E-state index contributed by atoms with van der Waals surface area (Å²) >= 11 is 0. The maximum absolute atomic E-state index is 12.2. The van der Waals surface area contributed by atoms with Gasteiger partial charge >= 0.3 is 0 Å². The molecule has 2 heterocycles. The molecule has 1 aliphatic heterocycles. The molecular weight excluding hydrogens is 254 g/mol. The van der Waals surface area contributed by atoms with Gasteiger partial charge < -0.3 is 10.2 Å². The Bertz CT molecular complexity index is 514. The molecule has 1 aliphatic rings. The zero-order valence-corrected chi connectivity index (χ0v) is 12.2. The van der Waals surface area contributed by atoms with Gasteiger partial charge in [-0.25, -0.2) is 4.98 Å². The van der Waals surface area contributed by atoms with Crippen LogP contribution < -0.4 is 5.32 Å². The van der Waals surface area contributed by atoms with E-state index in [9.17, 15) is 9.59 Å². The monoisotopic (exact) mass is 275 g/mol. The SMILES string of the molecule is Cc1cccc(NC(=O)[C@@H]2CC(=O)N(CC(C)C)C2)n1. The third-order valence-corrected chi connectivity index (χ3v) is 3.31. The lowest BCUT2D eigenvalue weighted by atomic mass is 10.1. The van der Waals surface area contributed by atoms with Gasteiger partial charge in [-0.15, -0.1) is 0 Å². The standard InChI is InChI=1S/C15H21N3O2/c1-10(2)8-18-9-12(7-14(18)19)15(20)17-13-6-4-5-11(3)16-13/h4-6,10,12H,7-9H2,1-3H3,(H,16,17,20)/t12-/m1/s1. The highest BCUT2D eigenvalue weighted by atomic mass is 16.2. The Morgan fingerprint density at radius 1 is 1.50 bits per heavy atom. The maximum Gasteiger partial charge on any atom is 0.230 e. The van der Waals surface area contributed by atoms with Crippen LogP contribution in [0.1, 0.15) is 26.0 Å². The van der Waals surface area contributed by atoms with Crippen LogP contribution in [0.4, 0.5) is 5.82 Å². The summed E-state index contributed by atoms with van der Waals surface area (Å²) in [7, 11) is 0. The minimum Gasteiger partial charge on any atom is -0.342 e. The lowest BCUT2D eigenvalue weighted by Gasteiger charge is -2.18. The highest BCUT2D eigenvalue weighted by Gasteiger charge is 2.34. The second-order valence-corrected chi connectivity index (χ2v) is 5.75. The van der Waals surface area contributed by atoms with E-state index in [1.165, 1.54) is 0 Å². The number of nitrogens with one attached hydrogen (secondary N) is 1. The topological polar surface area (TPSA) is 62.3 Å². The van der Waals surface area contributed by atoms with E-state index in [-0.39, 0.29) is 17.7 Å². The van der Waals surface area contributed by atoms with Gasteiger partial charge in [0.1, 0.15) is 5.82 Å². The number of carbonyl (C=O) groups excluding carboxylic acids is 2. The maximum atomic E-state index is 12.2. The van der Waals surface area contributed by atoms with Crippen LogP contribution in [0.3, 0.4) is 0 Å². The van der Waals surface area contributed by atoms with Gasteiger partial charge in [0.2, 0.25) is 11.8 Å². The summed E-state index contributed by atoms with van der Waals surface area (Å²) in [6.07, 6.45) is 0.296. The highest BCUT2D eigenvalue weighted by Crippen LogP contribution is 2.20. The van der Waals surface area contributed by atoms with Crippen LogP contribution >= 0.6 is 0 Å². The van der Waals surface area contributed by atoms with E-state index >= 15 is 0 Å². The summed E-state index contributed by atoms with van der Waals surface area (Å²) in [5.41, 5.74) is 0.853. The molecule has 1 fully saturated rings. The van der Waals surface area contributed by atoms with Crippen molar-refractivity contribution in [2.24, 2.45) is 11.8 Å². The summed E-state index contributed by atoms with van der Waals surface area (Å²) < 4.78 is 0. The quantitative estimate of drug-likeness (QED) is 0.912. The number of rotatable bonds is 4. The van der Waals surface area contributed by atoms with Gasteiger partial charge in [-0.3, -0.25) is 9.59 Å². The summed E-state index contributed by atoms with van der Waals surface area (Å²) in [6, 6.07) is 5.48. The molecule has 0 aromatic carbocycles. The molecule has 5 heteroatoms. The lowest BCUT2D eigenvalue weighted by molar-refractivity contribution is -0.128. The number of hydrogen-bond acceptors (Lipinski definition) is 3. The molecular formula is C15H21N3O2. The van der Waals surface area contributed by atoms with Crippen LogP contribution in [0.15, 0.2) is 18.2 Å². The number of amides is 2. The normalized spacial score (nSPS) is 18.7. The van der Waals surface area contributed by atoms with Crippen LogP contribution in [-0.2, 0) is 9.59 Å². The van der Waals surface area contributed by atoms with Crippen LogP contribution in [0.25, 0.3) is 0 Å². The highest BCUT2D eigenvalue weighted by molar-refractivity contribution is 5.96. The first-order chi connectivity index (χ1) is 9.45. The third kappa shape index (κ3) is 3.56. The van der Waals surface area contributed by atoms with E-state index in [2.05, 4.69) is 24.1 Å². The van der Waals surface area contributed by atoms with E-state index < -0.39 is 0 Å². The molecule has 1 saturated heterocycles. The van der Waals surface area contributed by atoms with Crippen molar-refractivity contribution < 1.29 is 9.59 Å². The first-order valence-electron chi connectivity index (χ1n) is 6.98. The molecule has 0 radical (unpaired) electrons. The van der Waals surface area contributed by atoms with Crippen molar-refractivity contribution in [3.63, 3.8) is 0 Å². The number of nitrogens with zero attached hydrogens (tertiary/aromatic N) is 2. The van der Waals surface area contributed by atoms with Gasteiger partial charge in [0.05, 0.1) is 5.92 Å². The van der Waals surface area contributed by atoms with Crippen molar-refractivity contribution in [1.29, 1.82) is 0 Å². The number of likely N-dealkylation sites (tertiary alicyclic amines) is 1. The molecule has 0 spiro atoms. The number of hydrogen-bond donors (Lipinski definition) is 1. The Hall–Kier alpha value is -1.91. The zero-order chi connectivity index (χ0) is 14.7. The predicted octanol–water partition coefficient (Wildman–Crippen LogP) is 1.83. The minimum atomic E-state index is -0.274. The molecule has 1 atom stereocenters. The molecule has 0 bridgehead atoms. The van der Waals surface area contributed by atoms with E-state index in [0.717, 1.165) is 5.69 Å². The van der Waals surface area contributed by atoms with Gasteiger partial charge in [0.25, 0.3) is 0 Å². The van der Waals surface area contributed by atoms with Gasteiger partial charge in [-0.1, -0.05) is 19.9 Å². The fourth-order valence-electron chi connectivity index (χ4n) is 2.41. The molecule has 2 rings (SSSR count). The molecule has 108 valence electrons. The minimum absolute atomic E-state index is 0.0658. The second kappa shape index (κ2) is 6.03. The fraction of sp³-hybridized carbons (Fsp3) is 0.533. The molecule has 1 aromatic rings. The number of pyridine rings is 1.